The highest BCUT2D eigenvalue weighted by Gasteiger charge is 2.35. The van der Waals surface area contributed by atoms with Crippen LogP contribution < -0.4 is 5.32 Å². The van der Waals surface area contributed by atoms with Crippen molar-refractivity contribution in [2.45, 2.75) is 19.0 Å². The van der Waals surface area contributed by atoms with Gasteiger partial charge in [0.15, 0.2) is 0 Å². The zero-order valence-electron chi connectivity index (χ0n) is 10.6. The molecule has 0 radical (unpaired) electrons. The van der Waals surface area contributed by atoms with Gasteiger partial charge < -0.3 is 10.3 Å². The molecule has 1 atom stereocenters. The Morgan fingerprint density at radius 2 is 2.21 bits per heavy atom. The Labute approximate surface area is 110 Å². The number of hydrogen-bond acceptors (Lipinski definition) is 3. The van der Waals surface area contributed by atoms with Gasteiger partial charge in [-0.3, -0.25) is 14.5 Å². The maximum atomic E-state index is 11.7. The van der Waals surface area contributed by atoms with Gasteiger partial charge in [0.05, 0.1) is 12.5 Å². The first kappa shape index (κ1) is 11.9. The third kappa shape index (κ3) is 2.13. The summed E-state index contributed by atoms with van der Waals surface area (Å²) in [5.74, 6) is -0.267. The van der Waals surface area contributed by atoms with Crippen molar-refractivity contribution in [3.05, 3.63) is 36.0 Å². The van der Waals surface area contributed by atoms with E-state index in [1.54, 1.807) is 0 Å². The zero-order valence-corrected chi connectivity index (χ0v) is 10.6. The van der Waals surface area contributed by atoms with Crippen LogP contribution in [-0.4, -0.2) is 34.8 Å². The van der Waals surface area contributed by atoms with Crippen molar-refractivity contribution in [3.8, 4) is 0 Å². The summed E-state index contributed by atoms with van der Waals surface area (Å²) in [6, 6.07) is 7.72. The highest BCUT2D eigenvalue weighted by Crippen LogP contribution is 2.15. The van der Waals surface area contributed by atoms with Gasteiger partial charge in [-0.15, -0.1) is 0 Å². The average molecular weight is 257 g/mol. The molecule has 1 aliphatic rings. The van der Waals surface area contributed by atoms with E-state index in [2.05, 4.69) is 16.4 Å². The first-order valence-corrected chi connectivity index (χ1v) is 6.25. The first-order valence-electron chi connectivity index (χ1n) is 6.25. The largest absolute Gasteiger partial charge is 0.361 e. The van der Waals surface area contributed by atoms with E-state index in [0.29, 0.717) is 6.54 Å². The monoisotopic (exact) mass is 257 g/mol. The Hall–Kier alpha value is -2.14. The number of aromatic nitrogens is 1. The van der Waals surface area contributed by atoms with Gasteiger partial charge in [0.25, 0.3) is 0 Å². The smallest absolute Gasteiger partial charge is 0.246 e. The molecule has 0 bridgehead atoms. The third-order valence-corrected chi connectivity index (χ3v) is 3.55. The van der Waals surface area contributed by atoms with Crippen LogP contribution in [0.5, 0.6) is 0 Å². The minimum atomic E-state index is -0.389. The summed E-state index contributed by atoms with van der Waals surface area (Å²) < 4.78 is 0. The summed E-state index contributed by atoms with van der Waals surface area (Å²) >= 11 is 0. The predicted molar refractivity (Wildman–Crippen MR) is 71.3 cm³/mol. The molecular formula is C14H15N3O2. The first-order chi connectivity index (χ1) is 9.15. The molecule has 5 nitrogen and oxygen atoms in total. The van der Waals surface area contributed by atoms with E-state index in [1.807, 2.05) is 24.4 Å². The topological polar surface area (TPSA) is 65.2 Å². The van der Waals surface area contributed by atoms with E-state index in [4.69, 9.17) is 0 Å². The molecule has 5 heteroatoms. The van der Waals surface area contributed by atoms with Gasteiger partial charge in [0.1, 0.15) is 0 Å². The lowest BCUT2D eigenvalue weighted by molar-refractivity contribution is -0.137. The van der Waals surface area contributed by atoms with Gasteiger partial charge in [0.2, 0.25) is 11.8 Å². The molecule has 1 fully saturated rings. The van der Waals surface area contributed by atoms with Crippen molar-refractivity contribution in [2.24, 2.45) is 0 Å². The molecule has 0 aliphatic carbocycles. The number of nitrogens with zero attached hydrogens (tertiary/aromatic N) is 1. The number of likely N-dealkylation sites (tertiary alicyclic amines) is 1. The Kier molecular flexibility index (Phi) is 2.83. The molecule has 1 aromatic carbocycles. The standard InChI is InChI=1S/C14H15N3O2/c1-17-13(18)7-12(14(17)19)16-8-9-2-3-11-10(6-9)4-5-15-11/h2-6,12,15-16H,7-8H2,1H3. The fraction of sp³-hybridized carbons (Fsp3) is 0.286. The molecule has 2 N–H and O–H groups in total. The lowest BCUT2D eigenvalue weighted by Gasteiger charge is -2.11. The summed E-state index contributed by atoms with van der Waals surface area (Å²) in [4.78, 5) is 27.5. The van der Waals surface area contributed by atoms with Crippen LogP contribution in [0.15, 0.2) is 30.5 Å². The number of carbonyl (C=O) groups is 2. The summed E-state index contributed by atoms with van der Waals surface area (Å²) in [5.41, 5.74) is 2.19. The molecule has 2 heterocycles. The SMILES string of the molecule is CN1C(=O)CC(NCc2ccc3[nH]ccc3c2)C1=O. The van der Waals surface area contributed by atoms with Crippen molar-refractivity contribution >= 4 is 22.7 Å². The molecule has 1 unspecified atom stereocenters. The van der Waals surface area contributed by atoms with Crippen molar-refractivity contribution in [3.63, 3.8) is 0 Å². The predicted octanol–water partition coefficient (Wildman–Crippen LogP) is 1.01. The van der Waals surface area contributed by atoms with E-state index in [-0.39, 0.29) is 24.3 Å². The van der Waals surface area contributed by atoms with E-state index in [0.717, 1.165) is 16.5 Å². The number of carbonyl (C=O) groups excluding carboxylic acids is 2. The number of H-pyrrole nitrogens is 1. The number of hydrogen-bond donors (Lipinski definition) is 2. The molecule has 2 amide bonds. The zero-order chi connectivity index (χ0) is 13.4. The number of rotatable bonds is 3. The molecule has 19 heavy (non-hydrogen) atoms. The lowest BCUT2D eigenvalue weighted by Crippen LogP contribution is -2.36. The second-order valence-electron chi connectivity index (χ2n) is 4.83. The molecule has 1 aromatic heterocycles. The Bertz CT molecular complexity index is 647. The van der Waals surface area contributed by atoms with E-state index >= 15 is 0 Å². The molecular weight excluding hydrogens is 242 g/mol. The second-order valence-corrected chi connectivity index (χ2v) is 4.83. The van der Waals surface area contributed by atoms with Crippen molar-refractivity contribution in [1.82, 2.24) is 15.2 Å². The van der Waals surface area contributed by atoms with Gasteiger partial charge in [-0.25, -0.2) is 0 Å². The quantitative estimate of drug-likeness (QED) is 0.807. The minimum absolute atomic E-state index is 0.122. The third-order valence-electron chi connectivity index (χ3n) is 3.55. The average Bonchev–Trinajstić information content (AvgIpc) is 2.96. The van der Waals surface area contributed by atoms with Crippen LogP contribution in [0.3, 0.4) is 0 Å². The molecule has 98 valence electrons. The van der Waals surface area contributed by atoms with Crippen LogP contribution >= 0.6 is 0 Å². The summed E-state index contributed by atoms with van der Waals surface area (Å²) in [6.07, 6.45) is 2.15. The van der Waals surface area contributed by atoms with Crippen molar-refractivity contribution in [2.75, 3.05) is 7.05 Å². The molecule has 0 saturated carbocycles. The summed E-state index contributed by atoms with van der Waals surface area (Å²) in [5, 5.41) is 4.29. The van der Waals surface area contributed by atoms with Crippen molar-refractivity contribution in [1.29, 1.82) is 0 Å². The molecule has 1 aliphatic heterocycles. The van der Waals surface area contributed by atoms with E-state index in [1.165, 1.54) is 11.9 Å². The second kappa shape index (κ2) is 4.51. The fourth-order valence-corrected chi connectivity index (χ4v) is 2.37. The molecule has 1 saturated heterocycles. The summed E-state index contributed by atoms with van der Waals surface area (Å²) in [7, 11) is 1.53. The lowest BCUT2D eigenvalue weighted by atomic mass is 10.1. The van der Waals surface area contributed by atoms with Gasteiger partial charge in [-0.1, -0.05) is 6.07 Å². The number of imide groups is 1. The van der Waals surface area contributed by atoms with Crippen molar-refractivity contribution < 1.29 is 9.59 Å². The van der Waals surface area contributed by atoms with Gasteiger partial charge in [0, 0.05) is 25.3 Å². The number of amides is 2. The number of likely N-dealkylation sites (N-methyl/N-ethyl adjacent to an activating group) is 1. The number of fused-ring (bicyclic) bond motifs is 1. The van der Waals surface area contributed by atoms with Crippen LogP contribution in [0, 0.1) is 0 Å². The molecule has 3 rings (SSSR count). The van der Waals surface area contributed by atoms with Crippen LogP contribution in [0.25, 0.3) is 10.9 Å². The maximum absolute atomic E-state index is 11.7. The number of nitrogens with one attached hydrogen (secondary N) is 2. The fourth-order valence-electron chi connectivity index (χ4n) is 2.37. The Morgan fingerprint density at radius 1 is 1.37 bits per heavy atom. The Balaban J connectivity index is 1.69. The van der Waals surface area contributed by atoms with E-state index < -0.39 is 0 Å². The van der Waals surface area contributed by atoms with Crippen LogP contribution in [0.1, 0.15) is 12.0 Å². The highest BCUT2D eigenvalue weighted by molar-refractivity contribution is 6.05. The molecule has 2 aromatic rings. The van der Waals surface area contributed by atoms with Crippen LogP contribution in [0.2, 0.25) is 0 Å². The van der Waals surface area contributed by atoms with E-state index in [9.17, 15) is 9.59 Å². The summed E-state index contributed by atoms with van der Waals surface area (Å²) in [6.45, 7) is 0.582. The van der Waals surface area contributed by atoms with Crippen LogP contribution in [-0.2, 0) is 16.1 Å². The Morgan fingerprint density at radius 3 is 2.95 bits per heavy atom. The van der Waals surface area contributed by atoms with Gasteiger partial charge in [-0.05, 0) is 29.1 Å². The minimum Gasteiger partial charge on any atom is -0.361 e. The number of aromatic amines is 1. The highest BCUT2D eigenvalue weighted by atomic mass is 16.2. The van der Waals surface area contributed by atoms with Gasteiger partial charge in [-0.2, -0.15) is 0 Å². The van der Waals surface area contributed by atoms with Gasteiger partial charge >= 0.3 is 0 Å². The maximum Gasteiger partial charge on any atom is 0.246 e. The van der Waals surface area contributed by atoms with Crippen LogP contribution in [0.4, 0.5) is 0 Å². The molecule has 0 spiro atoms. The number of benzene rings is 1. The normalized spacial score (nSPS) is 19.6.